The predicted octanol–water partition coefficient (Wildman–Crippen LogP) is 0.653. The summed E-state index contributed by atoms with van der Waals surface area (Å²) in [6.45, 7) is 2.06. The van der Waals surface area contributed by atoms with Crippen molar-refractivity contribution in [3.8, 4) is 0 Å². The van der Waals surface area contributed by atoms with Crippen molar-refractivity contribution in [3.63, 3.8) is 0 Å². The van der Waals surface area contributed by atoms with Gasteiger partial charge in [-0.1, -0.05) is 6.42 Å². The van der Waals surface area contributed by atoms with Crippen molar-refractivity contribution in [2.24, 2.45) is 11.8 Å². The van der Waals surface area contributed by atoms with E-state index in [9.17, 15) is 9.90 Å². The summed E-state index contributed by atoms with van der Waals surface area (Å²) in [6, 6.07) is 0.382. The van der Waals surface area contributed by atoms with Crippen LogP contribution in [0.1, 0.15) is 38.5 Å². The van der Waals surface area contributed by atoms with Gasteiger partial charge in [-0.15, -0.1) is 0 Å². The largest absolute Gasteiger partial charge is 0.396 e. The van der Waals surface area contributed by atoms with E-state index >= 15 is 0 Å². The summed E-state index contributed by atoms with van der Waals surface area (Å²) in [5.74, 6) is 1.05. The zero-order valence-electron chi connectivity index (χ0n) is 10.5. The summed E-state index contributed by atoms with van der Waals surface area (Å²) in [5.41, 5.74) is 0. The van der Waals surface area contributed by atoms with Gasteiger partial charge in [0, 0.05) is 25.6 Å². The molecule has 0 radical (unpaired) electrons. The topological polar surface area (TPSA) is 61.4 Å². The molecule has 0 bridgehead atoms. The van der Waals surface area contributed by atoms with E-state index in [1.165, 1.54) is 12.8 Å². The highest BCUT2D eigenvalue weighted by Gasteiger charge is 2.27. The van der Waals surface area contributed by atoms with Crippen LogP contribution in [-0.4, -0.2) is 36.8 Å². The van der Waals surface area contributed by atoms with Gasteiger partial charge in [-0.05, 0) is 44.1 Å². The van der Waals surface area contributed by atoms with Gasteiger partial charge in [0.25, 0.3) is 0 Å². The number of nitrogens with one attached hydrogen (secondary N) is 2. The summed E-state index contributed by atoms with van der Waals surface area (Å²) in [7, 11) is 0. The van der Waals surface area contributed by atoms with Crippen LogP contribution in [-0.2, 0) is 4.79 Å². The number of amides is 1. The van der Waals surface area contributed by atoms with Crippen LogP contribution in [0.25, 0.3) is 0 Å². The van der Waals surface area contributed by atoms with Gasteiger partial charge < -0.3 is 15.7 Å². The van der Waals surface area contributed by atoms with Crippen molar-refractivity contribution in [1.29, 1.82) is 0 Å². The minimum atomic E-state index is 0.160. The normalized spacial score (nSPS) is 32.9. The molecule has 3 atom stereocenters. The molecule has 98 valence electrons. The second-order valence-corrected chi connectivity index (χ2v) is 5.44. The Morgan fingerprint density at radius 3 is 2.76 bits per heavy atom. The monoisotopic (exact) mass is 240 g/mol. The molecule has 1 amide bonds. The van der Waals surface area contributed by atoms with Crippen molar-refractivity contribution in [3.05, 3.63) is 0 Å². The summed E-state index contributed by atoms with van der Waals surface area (Å²) < 4.78 is 0. The maximum Gasteiger partial charge on any atom is 0.221 e. The highest BCUT2D eigenvalue weighted by Crippen LogP contribution is 2.30. The van der Waals surface area contributed by atoms with Gasteiger partial charge in [0.1, 0.15) is 0 Å². The second-order valence-electron chi connectivity index (χ2n) is 5.44. The highest BCUT2D eigenvalue weighted by molar-refractivity contribution is 5.76. The Morgan fingerprint density at radius 1 is 1.24 bits per heavy atom. The molecule has 3 N–H and O–H groups in total. The Bertz CT molecular complexity index is 252. The van der Waals surface area contributed by atoms with Gasteiger partial charge in [-0.25, -0.2) is 0 Å². The lowest BCUT2D eigenvalue weighted by molar-refractivity contribution is -0.121. The van der Waals surface area contributed by atoms with E-state index in [2.05, 4.69) is 10.6 Å². The third kappa shape index (κ3) is 3.68. The van der Waals surface area contributed by atoms with E-state index < -0.39 is 0 Å². The average molecular weight is 240 g/mol. The number of rotatable bonds is 5. The lowest BCUT2D eigenvalue weighted by Gasteiger charge is -2.18. The Morgan fingerprint density at radius 2 is 2.06 bits per heavy atom. The third-order valence-corrected chi connectivity index (χ3v) is 4.21. The Kier molecular flexibility index (Phi) is 4.80. The van der Waals surface area contributed by atoms with Gasteiger partial charge in [0.2, 0.25) is 5.91 Å². The minimum Gasteiger partial charge on any atom is -0.396 e. The lowest BCUT2D eigenvalue weighted by atomic mass is 9.97. The van der Waals surface area contributed by atoms with Crippen LogP contribution in [0, 0.1) is 11.8 Å². The second kappa shape index (κ2) is 6.36. The minimum absolute atomic E-state index is 0.160. The van der Waals surface area contributed by atoms with Gasteiger partial charge in [0.15, 0.2) is 0 Å². The highest BCUT2D eigenvalue weighted by atomic mass is 16.3. The molecule has 2 fully saturated rings. The molecular weight excluding hydrogens is 216 g/mol. The number of hydrogen-bond donors (Lipinski definition) is 3. The first-order valence-corrected chi connectivity index (χ1v) is 6.90. The van der Waals surface area contributed by atoms with E-state index in [0.29, 0.717) is 24.3 Å². The number of hydrogen-bond acceptors (Lipinski definition) is 3. The van der Waals surface area contributed by atoms with Crippen LogP contribution in [0.3, 0.4) is 0 Å². The van der Waals surface area contributed by atoms with E-state index in [0.717, 1.165) is 32.4 Å². The molecule has 1 aliphatic heterocycles. The molecule has 2 rings (SSSR count). The first-order chi connectivity index (χ1) is 8.29. The molecular formula is C13H24N2O2. The van der Waals surface area contributed by atoms with Crippen molar-refractivity contribution in [1.82, 2.24) is 10.6 Å². The number of carbonyl (C=O) groups excluding carboxylic acids is 1. The standard InChI is InChI=1S/C13H24N2O2/c16-9-11-4-1-3-10(11)8-15-13(17)7-12-5-2-6-14-12/h10-12,14,16H,1-9H2,(H,15,17). The van der Waals surface area contributed by atoms with Crippen molar-refractivity contribution in [2.75, 3.05) is 19.7 Å². The molecule has 0 aromatic carbocycles. The maximum atomic E-state index is 11.7. The zero-order valence-corrected chi connectivity index (χ0v) is 10.5. The number of carbonyl (C=O) groups is 1. The van der Waals surface area contributed by atoms with Crippen LogP contribution < -0.4 is 10.6 Å². The lowest BCUT2D eigenvalue weighted by Crippen LogP contribution is -2.35. The summed E-state index contributed by atoms with van der Waals surface area (Å²) in [5, 5.41) is 15.6. The molecule has 17 heavy (non-hydrogen) atoms. The predicted molar refractivity (Wildman–Crippen MR) is 66.6 cm³/mol. The first-order valence-electron chi connectivity index (χ1n) is 6.90. The number of aliphatic hydroxyl groups excluding tert-OH is 1. The first kappa shape index (κ1) is 12.8. The summed E-state index contributed by atoms with van der Waals surface area (Å²) >= 11 is 0. The molecule has 4 nitrogen and oxygen atoms in total. The van der Waals surface area contributed by atoms with Gasteiger partial charge in [-0.3, -0.25) is 4.79 Å². The molecule has 0 spiro atoms. The summed E-state index contributed by atoms with van der Waals surface area (Å²) in [6.07, 6.45) is 6.37. The van der Waals surface area contributed by atoms with Crippen LogP contribution in [0.15, 0.2) is 0 Å². The Labute approximate surface area is 103 Å². The molecule has 1 saturated carbocycles. The van der Waals surface area contributed by atoms with Crippen molar-refractivity contribution >= 4 is 5.91 Å². The van der Waals surface area contributed by atoms with E-state index in [1.54, 1.807) is 0 Å². The van der Waals surface area contributed by atoms with Gasteiger partial charge in [0.05, 0.1) is 0 Å². The molecule has 4 heteroatoms. The van der Waals surface area contributed by atoms with Crippen LogP contribution in [0.5, 0.6) is 0 Å². The fourth-order valence-corrected chi connectivity index (χ4v) is 3.09. The smallest absolute Gasteiger partial charge is 0.221 e. The molecule has 0 aromatic heterocycles. The quantitative estimate of drug-likeness (QED) is 0.661. The van der Waals surface area contributed by atoms with Gasteiger partial charge >= 0.3 is 0 Å². The molecule has 0 aromatic rings. The SMILES string of the molecule is O=C(CC1CCCN1)NCC1CCCC1CO. The fraction of sp³-hybridized carbons (Fsp3) is 0.923. The Balaban J connectivity index is 1.65. The Hall–Kier alpha value is -0.610. The molecule has 1 heterocycles. The van der Waals surface area contributed by atoms with Crippen LogP contribution in [0.2, 0.25) is 0 Å². The molecule has 2 aliphatic rings. The third-order valence-electron chi connectivity index (χ3n) is 4.21. The maximum absolute atomic E-state index is 11.7. The van der Waals surface area contributed by atoms with Crippen LogP contribution in [0.4, 0.5) is 0 Å². The number of aliphatic hydroxyl groups is 1. The molecule has 3 unspecified atom stereocenters. The van der Waals surface area contributed by atoms with E-state index in [4.69, 9.17) is 0 Å². The molecule has 1 saturated heterocycles. The van der Waals surface area contributed by atoms with E-state index in [-0.39, 0.29) is 12.5 Å². The fourth-order valence-electron chi connectivity index (χ4n) is 3.09. The van der Waals surface area contributed by atoms with E-state index in [1.807, 2.05) is 0 Å². The van der Waals surface area contributed by atoms with Crippen molar-refractivity contribution < 1.29 is 9.90 Å². The van der Waals surface area contributed by atoms with Crippen LogP contribution >= 0.6 is 0 Å². The molecule has 1 aliphatic carbocycles. The zero-order chi connectivity index (χ0) is 12.1. The van der Waals surface area contributed by atoms with Crippen molar-refractivity contribution in [2.45, 2.75) is 44.6 Å². The average Bonchev–Trinajstić information content (AvgIpc) is 2.96. The van der Waals surface area contributed by atoms with Gasteiger partial charge in [-0.2, -0.15) is 0 Å². The summed E-state index contributed by atoms with van der Waals surface area (Å²) in [4.78, 5) is 11.7.